The topological polar surface area (TPSA) is 88.6 Å². The number of carboxylic acid groups (broad SMARTS) is 1. The van der Waals surface area contributed by atoms with Crippen LogP contribution in [0.5, 0.6) is 0 Å². The Morgan fingerprint density at radius 1 is 1.35 bits per heavy atom. The molecule has 1 aliphatic carbocycles. The molecule has 6 nitrogen and oxygen atoms in total. The molecule has 0 amide bonds. The highest BCUT2D eigenvalue weighted by molar-refractivity contribution is 5.93. The normalized spacial score (nSPS) is 21.3. The molecule has 0 spiro atoms. The fourth-order valence-corrected chi connectivity index (χ4v) is 3.84. The lowest BCUT2D eigenvalue weighted by Gasteiger charge is -2.22. The Labute approximate surface area is 150 Å². The van der Waals surface area contributed by atoms with Crippen molar-refractivity contribution < 1.29 is 14.3 Å². The van der Waals surface area contributed by atoms with Gasteiger partial charge in [-0.1, -0.05) is 0 Å². The summed E-state index contributed by atoms with van der Waals surface area (Å²) in [7, 11) is 0. The second kappa shape index (κ2) is 6.09. The van der Waals surface area contributed by atoms with Crippen LogP contribution in [0.2, 0.25) is 0 Å². The first kappa shape index (κ1) is 17.0. The number of benzene rings is 1. The van der Waals surface area contributed by atoms with Crippen LogP contribution in [0.15, 0.2) is 23.1 Å². The van der Waals surface area contributed by atoms with Crippen LogP contribution in [0.4, 0.5) is 10.1 Å². The van der Waals surface area contributed by atoms with E-state index in [1.165, 1.54) is 12.3 Å². The largest absolute Gasteiger partial charge is 0.477 e. The molecule has 1 aromatic heterocycles. The van der Waals surface area contributed by atoms with E-state index in [0.29, 0.717) is 23.7 Å². The molecule has 2 atom stereocenters. The standard InChI is InChI=1S/C19H22FN3O3/c1-10(21)11-4-5-22(8-11)17-7-16-13(6-15(17)20)18(24)14(19(25)26)9-23(16)12-2-3-12/h6-7,9-12H,2-5,8,21H2,1H3,(H,25,26)/t10-,11+/m0/s1. The molecule has 0 bridgehead atoms. The summed E-state index contributed by atoms with van der Waals surface area (Å²) in [6.45, 7) is 3.36. The van der Waals surface area contributed by atoms with Gasteiger partial charge in [-0.15, -0.1) is 0 Å². The van der Waals surface area contributed by atoms with Crippen LogP contribution >= 0.6 is 0 Å². The van der Waals surface area contributed by atoms with E-state index in [1.54, 1.807) is 6.07 Å². The fraction of sp³-hybridized carbons (Fsp3) is 0.474. The van der Waals surface area contributed by atoms with Gasteiger partial charge < -0.3 is 20.3 Å². The Balaban J connectivity index is 1.86. The van der Waals surface area contributed by atoms with Crippen molar-refractivity contribution in [3.05, 3.63) is 39.9 Å². The Bertz CT molecular complexity index is 949. The molecule has 138 valence electrons. The molecule has 2 heterocycles. The lowest BCUT2D eigenvalue weighted by Crippen LogP contribution is -2.30. The fourth-order valence-electron chi connectivity index (χ4n) is 3.84. The van der Waals surface area contributed by atoms with Gasteiger partial charge in [0.15, 0.2) is 0 Å². The minimum Gasteiger partial charge on any atom is -0.477 e. The van der Waals surface area contributed by atoms with Crippen LogP contribution in [0.1, 0.15) is 42.6 Å². The van der Waals surface area contributed by atoms with Crippen molar-refractivity contribution in [1.82, 2.24) is 4.57 Å². The highest BCUT2D eigenvalue weighted by Crippen LogP contribution is 2.38. The van der Waals surface area contributed by atoms with Crippen molar-refractivity contribution in [2.75, 3.05) is 18.0 Å². The Kier molecular flexibility index (Phi) is 3.99. The first-order valence-electron chi connectivity index (χ1n) is 8.99. The van der Waals surface area contributed by atoms with E-state index in [4.69, 9.17) is 5.73 Å². The second-order valence-electron chi connectivity index (χ2n) is 7.49. The molecule has 1 aromatic carbocycles. The molecule has 0 unspecified atom stereocenters. The summed E-state index contributed by atoms with van der Waals surface area (Å²) in [4.78, 5) is 25.9. The lowest BCUT2D eigenvalue weighted by atomic mass is 10.0. The molecule has 2 fully saturated rings. The number of hydrogen-bond acceptors (Lipinski definition) is 4. The number of hydrogen-bond donors (Lipinski definition) is 2. The summed E-state index contributed by atoms with van der Waals surface area (Å²) < 4.78 is 16.6. The molecule has 7 heteroatoms. The minimum atomic E-state index is -1.28. The van der Waals surface area contributed by atoms with Gasteiger partial charge in [0.1, 0.15) is 11.4 Å². The van der Waals surface area contributed by atoms with Crippen molar-refractivity contribution in [3.63, 3.8) is 0 Å². The number of anilines is 1. The zero-order chi connectivity index (χ0) is 18.6. The van der Waals surface area contributed by atoms with E-state index < -0.39 is 17.2 Å². The maximum Gasteiger partial charge on any atom is 0.341 e. The molecule has 26 heavy (non-hydrogen) atoms. The first-order chi connectivity index (χ1) is 12.4. The molecular weight excluding hydrogens is 337 g/mol. The monoisotopic (exact) mass is 359 g/mol. The average Bonchev–Trinajstić information content (AvgIpc) is 3.30. The van der Waals surface area contributed by atoms with Crippen LogP contribution in [0.3, 0.4) is 0 Å². The Morgan fingerprint density at radius 3 is 2.65 bits per heavy atom. The maximum absolute atomic E-state index is 14.8. The van der Waals surface area contributed by atoms with E-state index >= 15 is 0 Å². The van der Waals surface area contributed by atoms with Crippen LogP contribution in [0.25, 0.3) is 10.9 Å². The van der Waals surface area contributed by atoms with Crippen LogP contribution < -0.4 is 16.1 Å². The highest BCUT2D eigenvalue weighted by atomic mass is 19.1. The molecule has 1 saturated carbocycles. The van der Waals surface area contributed by atoms with E-state index in [9.17, 15) is 19.1 Å². The number of aromatic nitrogens is 1. The number of aromatic carboxylic acids is 1. The van der Waals surface area contributed by atoms with Crippen molar-refractivity contribution in [3.8, 4) is 0 Å². The quantitative estimate of drug-likeness (QED) is 0.875. The smallest absolute Gasteiger partial charge is 0.341 e. The van der Waals surface area contributed by atoms with Crippen LogP contribution in [-0.4, -0.2) is 34.8 Å². The Morgan fingerprint density at radius 2 is 2.08 bits per heavy atom. The molecule has 4 rings (SSSR count). The molecule has 3 N–H and O–H groups in total. The summed E-state index contributed by atoms with van der Waals surface area (Å²) in [5.74, 6) is -1.47. The van der Waals surface area contributed by atoms with Crippen molar-refractivity contribution in [1.29, 1.82) is 0 Å². The van der Waals surface area contributed by atoms with Gasteiger partial charge >= 0.3 is 5.97 Å². The third-order valence-electron chi connectivity index (χ3n) is 5.58. The van der Waals surface area contributed by atoms with Crippen molar-refractivity contribution in [2.45, 2.75) is 38.3 Å². The van der Waals surface area contributed by atoms with E-state index in [2.05, 4.69) is 0 Å². The number of nitrogens with zero attached hydrogens (tertiary/aromatic N) is 2. The summed E-state index contributed by atoms with van der Waals surface area (Å²) in [5, 5.41) is 9.43. The number of nitrogens with two attached hydrogens (primary N) is 1. The predicted octanol–water partition coefficient (Wildman–Crippen LogP) is 2.35. The minimum absolute atomic E-state index is 0.0475. The van der Waals surface area contributed by atoms with Gasteiger partial charge in [0, 0.05) is 36.8 Å². The number of carboxylic acids is 1. The van der Waals surface area contributed by atoms with E-state index in [0.717, 1.165) is 25.8 Å². The van der Waals surface area contributed by atoms with Gasteiger partial charge in [0.25, 0.3) is 0 Å². The summed E-state index contributed by atoms with van der Waals surface area (Å²) in [6.07, 6.45) is 4.17. The first-order valence-corrected chi connectivity index (χ1v) is 8.99. The maximum atomic E-state index is 14.8. The third kappa shape index (κ3) is 2.76. The van der Waals surface area contributed by atoms with Crippen molar-refractivity contribution >= 4 is 22.6 Å². The number of pyridine rings is 1. The molecule has 1 aliphatic heterocycles. The van der Waals surface area contributed by atoms with Gasteiger partial charge in [-0.2, -0.15) is 0 Å². The number of halogens is 1. The van der Waals surface area contributed by atoms with Crippen LogP contribution in [-0.2, 0) is 0 Å². The van der Waals surface area contributed by atoms with Gasteiger partial charge in [-0.05, 0) is 44.2 Å². The van der Waals surface area contributed by atoms with E-state index in [1.807, 2.05) is 16.4 Å². The SMILES string of the molecule is C[C@H](N)[C@@H]1CCN(c2cc3c(cc2F)c(=O)c(C(=O)O)cn3C2CC2)C1. The van der Waals surface area contributed by atoms with E-state index in [-0.39, 0.29) is 23.0 Å². The molecule has 1 saturated heterocycles. The van der Waals surface area contributed by atoms with Crippen LogP contribution in [0, 0.1) is 11.7 Å². The molecule has 2 aliphatic rings. The highest BCUT2D eigenvalue weighted by Gasteiger charge is 2.30. The van der Waals surface area contributed by atoms with Crippen molar-refractivity contribution in [2.24, 2.45) is 11.7 Å². The lowest BCUT2D eigenvalue weighted by molar-refractivity contribution is 0.0695. The number of carbonyl (C=O) groups is 1. The molecule has 2 aromatic rings. The third-order valence-corrected chi connectivity index (χ3v) is 5.58. The van der Waals surface area contributed by atoms with Gasteiger partial charge in [-0.25, -0.2) is 9.18 Å². The predicted molar refractivity (Wildman–Crippen MR) is 97.4 cm³/mol. The number of rotatable bonds is 4. The number of fused-ring (bicyclic) bond motifs is 1. The molecule has 0 radical (unpaired) electrons. The summed E-state index contributed by atoms with van der Waals surface area (Å²) >= 11 is 0. The summed E-state index contributed by atoms with van der Waals surface area (Å²) in [6, 6.07) is 3.10. The second-order valence-corrected chi connectivity index (χ2v) is 7.49. The zero-order valence-electron chi connectivity index (χ0n) is 14.6. The van der Waals surface area contributed by atoms with Gasteiger partial charge in [0.05, 0.1) is 11.2 Å². The van der Waals surface area contributed by atoms with Gasteiger partial charge in [0.2, 0.25) is 5.43 Å². The average molecular weight is 359 g/mol. The summed E-state index contributed by atoms with van der Waals surface area (Å²) in [5.41, 5.74) is 6.09. The van der Waals surface area contributed by atoms with Gasteiger partial charge in [-0.3, -0.25) is 4.79 Å². The Hall–Kier alpha value is -2.41. The molecular formula is C19H22FN3O3. The zero-order valence-corrected chi connectivity index (χ0v) is 14.6.